The molecule has 0 aromatic rings. The van der Waals surface area contributed by atoms with Crippen molar-refractivity contribution in [3.63, 3.8) is 0 Å². The first-order valence-corrected chi connectivity index (χ1v) is 14.4. The van der Waals surface area contributed by atoms with Gasteiger partial charge in [0.2, 0.25) is 0 Å². The maximum atomic E-state index is 13.2. The van der Waals surface area contributed by atoms with Gasteiger partial charge in [0.15, 0.2) is 29.5 Å². The van der Waals surface area contributed by atoms with Crippen molar-refractivity contribution >= 4 is 29.8 Å². The van der Waals surface area contributed by atoms with Gasteiger partial charge in [0, 0.05) is 30.6 Å². The van der Waals surface area contributed by atoms with Crippen LogP contribution in [0.1, 0.15) is 75.7 Å². The summed E-state index contributed by atoms with van der Waals surface area (Å²) in [6.45, 7) is 14.8. The van der Waals surface area contributed by atoms with Crippen LogP contribution >= 0.6 is 0 Å². The Bertz CT molecular complexity index is 1380. The third-order valence-corrected chi connectivity index (χ3v) is 8.70. The van der Waals surface area contributed by atoms with Crippen molar-refractivity contribution in [2.45, 2.75) is 117 Å². The molecule has 242 valence electrons. The van der Waals surface area contributed by atoms with Crippen LogP contribution in [0.2, 0.25) is 0 Å². The number of fused-ring (bicyclic) bond motifs is 3. The Hall–Kier alpha value is -3.77. The molecule has 0 spiro atoms. The van der Waals surface area contributed by atoms with E-state index in [1.807, 2.05) is 0 Å². The van der Waals surface area contributed by atoms with Crippen molar-refractivity contribution in [1.29, 1.82) is 0 Å². The van der Waals surface area contributed by atoms with Gasteiger partial charge in [0.25, 0.3) is 0 Å². The third kappa shape index (κ3) is 5.84. The summed E-state index contributed by atoms with van der Waals surface area (Å²) in [6, 6.07) is 0. The molecule has 8 atom stereocenters. The SMILES string of the molecule is C/C=C(/C)C(=O)O[C@@H]1[C@H]2C(=C(C)[C@@H]1OC(=O)/C(C)=C\C)[C@@H]1OC(=O)[C@@](C)(O)[C@@]1(O)[C@@H](OC(=O)C=C(C)C)C[C@]2(C)OC(C)=O. The number of carbonyl (C=O) groups excluding carboxylic acids is 5. The quantitative estimate of drug-likeness (QED) is 0.185. The number of esters is 5. The molecule has 12 nitrogen and oxygen atoms in total. The summed E-state index contributed by atoms with van der Waals surface area (Å²) < 4.78 is 29.0. The summed E-state index contributed by atoms with van der Waals surface area (Å²) in [6.07, 6.45) is -2.25. The summed E-state index contributed by atoms with van der Waals surface area (Å²) in [4.78, 5) is 64.8. The molecule has 0 bridgehead atoms. The van der Waals surface area contributed by atoms with Crippen LogP contribution in [-0.2, 0) is 47.7 Å². The predicted molar refractivity (Wildman–Crippen MR) is 154 cm³/mol. The number of hydrogen-bond donors (Lipinski definition) is 2. The average molecular weight is 619 g/mol. The van der Waals surface area contributed by atoms with Gasteiger partial charge in [-0.05, 0) is 73.5 Å². The van der Waals surface area contributed by atoms with Gasteiger partial charge in [-0.1, -0.05) is 17.7 Å². The van der Waals surface area contributed by atoms with Gasteiger partial charge < -0.3 is 33.9 Å². The maximum absolute atomic E-state index is 13.2. The molecular weight excluding hydrogens is 576 g/mol. The second-order valence-corrected chi connectivity index (χ2v) is 12.2. The van der Waals surface area contributed by atoms with Crippen LogP contribution in [0.5, 0.6) is 0 Å². The Kier molecular flexibility index (Phi) is 9.72. The third-order valence-electron chi connectivity index (χ3n) is 8.70. The smallest absolute Gasteiger partial charge is 0.341 e. The molecule has 2 N–H and O–H groups in total. The van der Waals surface area contributed by atoms with Crippen LogP contribution in [0, 0.1) is 5.92 Å². The van der Waals surface area contributed by atoms with Gasteiger partial charge in [0.05, 0.1) is 5.92 Å². The monoisotopic (exact) mass is 618 g/mol. The van der Waals surface area contributed by atoms with Crippen molar-refractivity contribution in [1.82, 2.24) is 0 Å². The van der Waals surface area contributed by atoms with Crippen LogP contribution < -0.4 is 0 Å². The zero-order valence-corrected chi connectivity index (χ0v) is 26.8. The lowest BCUT2D eigenvalue weighted by atomic mass is 9.75. The van der Waals surface area contributed by atoms with E-state index in [1.54, 1.807) is 27.7 Å². The second kappa shape index (κ2) is 12.3. The van der Waals surface area contributed by atoms with Crippen LogP contribution in [0.4, 0.5) is 0 Å². The number of carbonyl (C=O) groups is 5. The minimum atomic E-state index is -2.62. The standard InChI is InChI=1S/C32H42O12/c1-11-16(5)27(35)41-24-18(7)22-23(25(24)42-28(36)17(6)12-2)30(9,44-19(8)33)14-20(40-21(34)13-15(3)4)32(39)26(22)43-29(37)31(32,10)38/h11-13,20,23-26,38-39H,14H2,1-10H3/b16-11-,17-12-/t20-,23+,24-,25+,26-,30-,31+,32+/m0/s1. The van der Waals surface area contributed by atoms with Gasteiger partial charge in [-0.25, -0.2) is 19.2 Å². The molecule has 0 unspecified atom stereocenters. The van der Waals surface area contributed by atoms with Crippen LogP contribution in [0.3, 0.4) is 0 Å². The van der Waals surface area contributed by atoms with Crippen LogP contribution in [0.25, 0.3) is 0 Å². The Morgan fingerprint density at radius 1 is 0.909 bits per heavy atom. The van der Waals surface area contributed by atoms with Crippen molar-refractivity contribution in [2.75, 3.05) is 0 Å². The highest BCUT2D eigenvalue weighted by Crippen LogP contribution is 2.57. The summed E-state index contributed by atoms with van der Waals surface area (Å²) >= 11 is 0. The van der Waals surface area contributed by atoms with Gasteiger partial charge in [-0.3, -0.25) is 4.79 Å². The van der Waals surface area contributed by atoms with Gasteiger partial charge in [-0.2, -0.15) is 0 Å². The molecule has 2 fully saturated rings. The highest BCUT2D eigenvalue weighted by Gasteiger charge is 2.76. The van der Waals surface area contributed by atoms with E-state index in [0.29, 0.717) is 5.57 Å². The first-order chi connectivity index (χ1) is 20.3. The van der Waals surface area contributed by atoms with Gasteiger partial charge >= 0.3 is 29.8 Å². The van der Waals surface area contributed by atoms with Crippen LogP contribution in [-0.4, -0.2) is 81.3 Å². The lowest BCUT2D eigenvalue weighted by molar-refractivity contribution is -0.209. The Morgan fingerprint density at radius 3 is 1.95 bits per heavy atom. The van der Waals surface area contributed by atoms with E-state index in [1.165, 1.54) is 39.8 Å². The summed E-state index contributed by atoms with van der Waals surface area (Å²) in [5.74, 6) is -5.55. The number of aliphatic hydroxyl groups is 2. The summed E-state index contributed by atoms with van der Waals surface area (Å²) in [5.41, 5.74) is -5.58. The fourth-order valence-electron chi connectivity index (χ4n) is 6.14. The first kappa shape index (κ1) is 34.7. The minimum Gasteiger partial charge on any atom is -0.459 e. The van der Waals surface area contributed by atoms with Crippen molar-refractivity contribution in [3.8, 4) is 0 Å². The molecule has 0 amide bonds. The van der Waals surface area contributed by atoms with Crippen LogP contribution in [0.15, 0.2) is 46.1 Å². The molecule has 3 rings (SSSR count). The number of hydrogen-bond acceptors (Lipinski definition) is 12. The number of allylic oxidation sites excluding steroid dienone is 3. The molecule has 1 aliphatic heterocycles. The molecule has 1 saturated carbocycles. The second-order valence-electron chi connectivity index (χ2n) is 12.2. The van der Waals surface area contributed by atoms with E-state index in [-0.39, 0.29) is 22.3 Å². The number of ether oxygens (including phenoxy) is 5. The molecule has 0 aromatic carbocycles. The van der Waals surface area contributed by atoms with E-state index in [0.717, 1.165) is 19.9 Å². The minimum absolute atomic E-state index is 0.0926. The average Bonchev–Trinajstić information content (AvgIpc) is 3.25. The molecule has 1 heterocycles. The van der Waals surface area contributed by atoms with E-state index in [9.17, 15) is 34.2 Å². The Labute approximate surface area is 256 Å². The fraction of sp³-hybridized carbons (Fsp3) is 0.594. The lowest BCUT2D eigenvalue weighted by Crippen LogP contribution is -2.64. The number of rotatable bonds is 7. The molecule has 0 radical (unpaired) electrons. The molecule has 1 saturated heterocycles. The molecule has 0 aromatic heterocycles. The lowest BCUT2D eigenvalue weighted by Gasteiger charge is -2.41. The van der Waals surface area contributed by atoms with Crippen molar-refractivity contribution < 1.29 is 57.9 Å². The summed E-state index contributed by atoms with van der Waals surface area (Å²) in [7, 11) is 0. The van der Waals surface area contributed by atoms with Crippen molar-refractivity contribution in [3.05, 3.63) is 46.1 Å². The van der Waals surface area contributed by atoms with E-state index >= 15 is 0 Å². The molecular formula is C32H42O12. The first-order valence-electron chi connectivity index (χ1n) is 14.4. The molecule has 2 aliphatic carbocycles. The highest BCUT2D eigenvalue weighted by atomic mass is 16.6. The molecule has 44 heavy (non-hydrogen) atoms. The van der Waals surface area contributed by atoms with Gasteiger partial charge in [0.1, 0.15) is 11.7 Å². The molecule has 3 aliphatic rings. The maximum Gasteiger partial charge on any atom is 0.341 e. The topological polar surface area (TPSA) is 172 Å². The fourth-order valence-corrected chi connectivity index (χ4v) is 6.14. The van der Waals surface area contributed by atoms with Crippen molar-refractivity contribution in [2.24, 2.45) is 5.92 Å². The van der Waals surface area contributed by atoms with Gasteiger partial charge in [-0.15, -0.1) is 0 Å². The van der Waals surface area contributed by atoms with E-state index in [2.05, 4.69) is 0 Å². The van der Waals surface area contributed by atoms with E-state index in [4.69, 9.17) is 23.7 Å². The Balaban J connectivity index is 2.38. The normalized spacial score (nSPS) is 35.1. The molecule has 12 heteroatoms. The largest absolute Gasteiger partial charge is 0.459 e. The highest BCUT2D eigenvalue weighted by molar-refractivity contribution is 5.89. The Morgan fingerprint density at radius 2 is 1.45 bits per heavy atom. The van der Waals surface area contributed by atoms with E-state index < -0.39 is 83.4 Å². The summed E-state index contributed by atoms with van der Waals surface area (Å²) in [5, 5.41) is 23.8. The predicted octanol–water partition coefficient (Wildman–Crippen LogP) is 2.70. The zero-order chi connectivity index (χ0) is 33.5. The zero-order valence-electron chi connectivity index (χ0n) is 26.8.